The molecule has 1 spiro atoms. The van der Waals surface area contributed by atoms with E-state index in [0.717, 1.165) is 29.5 Å². The summed E-state index contributed by atoms with van der Waals surface area (Å²) in [5.74, 6) is -1.97. The number of carboxylic acids is 1. The molecule has 11 heteroatoms. The minimum atomic E-state index is -4.41. The van der Waals surface area contributed by atoms with Crippen LogP contribution in [0.25, 0.3) is 0 Å². The number of fused-ring (bicyclic) bond motifs is 1. The molecule has 2 aromatic rings. The fourth-order valence-corrected chi connectivity index (χ4v) is 7.95. The van der Waals surface area contributed by atoms with Crippen molar-refractivity contribution in [1.29, 1.82) is 0 Å². The maximum atomic E-state index is 15.6. The van der Waals surface area contributed by atoms with E-state index in [1.807, 2.05) is 6.07 Å². The van der Waals surface area contributed by atoms with Crippen LogP contribution in [0.1, 0.15) is 52.4 Å². The van der Waals surface area contributed by atoms with Gasteiger partial charge in [-0.25, -0.2) is 8.78 Å². The number of carbonyl (C=O) groups is 1. The first-order chi connectivity index (χ1) is 18.7. The average molecular weight is 602 g/mol. The number of nitrogens with zero attached hydrogens (tertiary/aromatic N) is 1. The third-order valence-electron chi connectivity index (χ3n) is 8.02. The van der Waals surface area contributed by atoms with Crippen molar-refractivity contribution in [3.05, 3.63) is 42.2 Å². The van der Waals surface area contributed by atoms with E-state index < -0.39 is 41.2 Å². The topological polar surface area (TPSA) is 49.8 Å². The second-order valence-electron chi connectivity index (χ2n) is 11.9. The van der Waals surface area contributed by atoms with Gasteiger partial charge >= 0.3 is 12.1 Å². The van der Waals surface area contributed by atoms with Crippen LogP contribution in [0.2, 0.25) is 0 Å². The van der Waals surface area contributed by atoms with Gasteiger partial charge in [-0.3, -0.25) is 4.79 Å². The minimum Gasteiger partial charge on any atom is -0.491 e. The van der Waals surface area contributed by atoms with E-state index in [-0.39, 0.29) is 19.6 Å². The summed E-state index contributed by atoms with van der Waals surface area (Å²) in [6.07, 6.45) is -1.27. The van der Waals surface area contributed by atoms with Gasteiger partial charge in [-0.2, -0.15) is 13.2 Å². The number of rotatable bonds is 9. The third kappa shape index (κ3) is 6.66. The van der Waals surface area contributed by atoms with Crippen molar-refractivity contribution in [1.82, 2.24) is 0 Å². The number of benzene rings is 2. The van der Waals surface area contributed by atoms with Crippen LogP contribution in [-0.4, -0.2) is 41.2 Å². The van der Waals surface area contributed by atoms with Crippen LogP contribution in [0, 0.1) is 22.6 Å². The second kappa shape index (κ2) is 10.9. The average Bonchev–Trinajstić information content (AvgIpc) is 3.66. The van der Waals surface area contributed by atoms with Gasteiger partial charge in [-0.15, -0.1) is 11.8 Å². The molecule has 2 saturated carbocycles. The Morgan fingerprint density at radius 1 is 1.18 bits per heavy atom. The predicted molar refractivity (Wildman–Crippen MR) is 147 cm³/mol. The number of aliphatic carboxylic acids is 1. The van der Waals surface area contributed by atoms with Crippen molar-refractivity contribution in [2.45, 2.75) is 79.1 Å². The number of anilines is 2. The van der Waals surface area contributed by atoms with E-state index in [1.165, 1.54) is 25.0 Å². The molecule has 0 saturated heterocycles. The van der Waals surface area contributed by atoms with Gasteiger partial charge < -0.3 is 14.7 Å². The summed E-state index contributed by atoms with van der Waals surface area (Å²) in [7, 11) is 0. The second-order valence-corrected chi connectivity index (χ2v) is 14.3. The Bertz CT molecular complexity index is 1240. The maximum Gasteiger partial charge on any atom is 0.389 e. The Kier molecular flexibility index (Phi) is 8.02. The van der Waals surface area contributed by atoms with E-state index >= 15 is 4.39 Å². The zero-order valence-electron chi connectivity index (χ0n) is 22.3. The van der Waals surface area contributed by atoms with Gasteiger partial charge in [-0.1, -0.05) is 11.8 Å². The summed E-state index contributed by atoms with van der Waals surface area (Å²) in [6.45, 7) is 3.00. The van der Waals surface area contributed by atoms with Crippen molar-refractivity contribution in [2.24, 2.45) is 16.7 Å². The summed E-state index contributed by atoms with van der Waals surface area (Å²) in [4.78, 5) is 14.7. The molecule has 2 aliphatic carbocycles. The van der Waals surface area contributed by atoms with E-state index in [4.69, 9.17) is 4.74 Å². The van der Waals surface area contributed by atoms with Crippen LogP contribution in [0.5, 0.6) is 5.75 Å². The Morgan fingerprint density at radius 3 is 2.45 bits per heavy atom. The molecule has 2 fully saturated rings. The molecule has 0 bridgehead atoms. The smallest absolute Gasteiger partial charge is 0.389 e. The molecule has 1 aliphatic heterocycles. The van der Waals surface area contributed by atoms with Crippen molar-refractivity contribution >= 4 is 40.9 Å². The normalized spacial score (nSPS) is 22.4. The van der Waals surface area contributed by atoms with Crippen molar-refractivity contribution < 1.29 is 36.6 Å². The number of carboxylic acid groups (broad SMARTS) is 1. The molecular weight excluding hydrogens is 569 g/mol. The SMILES string of the molecule is CC(C)(COc1cc2c(cc1SC1CC3(CC3)C1)N(c1ccc(F)cc1)CC(CCC(F)(F)F)C(F)S2)C(=O)O. The Balaban J connectivity index is 1.52. The highest BCUT2D eigenvalue weighted by Crippen LogP contribution is 2.65. The van der Waals surface area contributed by atoms with E-state index in [1.54, 1.807) is 48.7 Å². The number of halogens is 5. The van der Waals surface area contributed by atoms with Crippen LogP contribution >= 0.6 is 23.5 Å². The largest absolute Gasteiger partial charge is 0.491 e. The predicted octanol–water partition coefficient (Wildman–Crippen LogP) is 8.85. The minimum absolute atomic E-state index is 0.00816. The summed E-state index contributed by atoms with van der Waals surface area (Å²) < 4.78 is 74.7. The lowest BCUT2D eigenvalue weighted by Gasteiger charge is -2.36. The lowest BCUT2D eigenvalue weighted by Crippen LogP contribution is -2.31. The summed E-state index contributed by atoms with van der Waals surface area (Å²) in [5, 5.41) is 9.94. The number of hydrogen-bond donors (Lipinski definition) is 1. The van der Waals surface area contributed by atoms with Crippen LogP contribution in [0.3, 0.4) is 0 Å². The van der Waals surface area contributed by atoms with Gasteiger partial charge in [0.05, 0.1) is 16.0 Å². The zero-order chi connectivity index (χ0) is 28.9. The van der Waals surface area contributed by atoms with E-state index in [9.17, 15) is 27.5 Å². The summed E-state index contributed by atoms with van der Waals surface area (Å²) in [5.41, 5.74) is -1.16. The highest BCUT2D eigenvalue weighted by molar-refractivity contribution is 8.00. The molecule has 218 valence electrons. The first-order valence-electron chi connectivity index (χ1n) is 13.4. The molecule has 40 heavy (non-hydrogen) atoms. The number of thioether (sulfide) groups is 2. The quantitative estimate of drug-likeness (QED) is 0.290. The van der Waals surface area contributed by atoms with Crippen LogP contribution in [-0.2, 0) is 4.79 Å². The summed E-state index contributed by atoms with van der Waals surface area (Å²) >= 11 is 2.49. The third-order valence-corrected chi connectivity index (χ3v) is 10.5. The molecule has 2 aromatic carbocycles. The summed E-state index contributed by atoms with van der Waals surface area (Å²) in [6, 6.07) is 9.18. The van der Waals surface area contributed by atoms with Crippen molar-refractivity contribution in [3.8, 4) is 5.75 Å². The fraction of sp³-hybridized carbons (Fsp3) is 0.552. The Hall–Kier alpha value is -2.14. The van der Waals surface area contributed by atoms with Gasteiger partial charge in [0, 0.05) is 34.7 Å². The first-order valence-corrected chi connectivity index (χ1v) is 15.1. The molecule has 0 amide bonds. The first kappa shape index (κ1) is 29.4. The molecule has 1 N–H and O–H groups in total. The molecule has 5 rings (SSSR count). The highest BCUT2D eigenvalue weighted by atomic mass is 32.2. The van der Waals surface area contributed by atoms with Gasteiger partial charge in [0.2, 0.25) is 0 Å². The van der Waals surface area contributed by atoms with Gasteiger partial charge in [0.15, 0.2) is 5.50 Å². The molecule has 4 nitrogen and oxygen atoms in total. The zero-order valence-corrected chi connectivity index (χ0v) is 23.9. The number of ether oxygens (including phenoxy) is 1. The van der Waals surface area contributed by atoms with E-state index in [2.05, 4.69) is 0 Å². The number of alkyl halides is 4. The molecule has 3 aliphatic rings. The molecule has 0 radical (unpaired) electrons. The monoisotopic (exact) mass is 601 g/mol. The fourth-order valence-electron chi connectivity index (χ4n) is 5.18. The molecule has 2 atom stereocenters. The maximum absolute atomic E-state index is 15.6. The van der Waals surface area contributed by atoms with E-state index in [0.29, 0.717) is 32.7 Å². The Morgan fingerprint density at radius 2 is 1.85 bits per heavy atom. The Labute approximate surface area is 239 Å². The van der Waals surface area contributed by atoms with Crippen molar-refractivity contribution in [3.63, 3.8) is 0 Å². The van der Waals surface area contributed by atoms with Gasteiger partial charge in [0.1, 0.15) is 18.2 Å². The van der Waals surface area contributed by atoms with Crippen LogP contribution in [0.15, 0.2) is 46.2 Å². The lowest BCUT2D eigenvalue weighted by molar-refractivity contribution is -0.148. The number of hydrogen-bond acceptors (Lipinski definition) is 5. The highest BCUT2D eigenvalue weighted by Gasteiger charge is 2.53. The molecular formula is C29H32F5NO3S2. The van der Waals surface area contributed by atoms with Gasteiger partial charge in [0.25, 0.3) is 0 Å². The molecule has 2 unspecified atom stereocenters. The molecule has 0 aromatic heterocycles. The standard InChI is InChI=1S/C29H32F5NO3S2/c1-27(2,26(36)37)16-38-22-12-23-21(11-24(22)39-20-13-28(14-20)9-10-28)35(19-5-3-18(30)4-6-19)15-17(25(31)40-23)7-8-29(32,33)34/h3-6,11-12,17,20,25H,7-10,13-16H2,1-2H3,(H,36,37). The lowest BCUT2D eigenvalue weighted by atomic mass is 9.81. The van der Waals surface area contributed by atoms with Crippen molar-refractivity contribution in [2.75, 3.05) is 18.1 Å². The molecule has 1 heterocycles. The van der Waals surface area contributed by atoms with Crippen LogP contribution in [0.4, 0.5) is 33.3 Å². The van der Waals surface area contributed by atoms with Gasteiger partial charge in [-0.05, 0) is 87.8 Å². The van der Waals surface area contributed by atoms with Crippen LogP contribution < -0.4 is 9.64 Å².